The van der Waals surface area contributed by atoms with Gasteiger partial charge in [-0.15, -0.1) is 0 Å². The van der Waals surface area contributed by atoms with Crippen LogP contribution in [0.1, 0.15) is 11.7 Å². The van der Waals surface area contributed by atoms with Crippen molar-refractivity contribution < 1.29 is 4.74 Å². The zero-order chi connectivity index (χ0) is 18.4. The topological polar surface area (TPSA) is 82.8 Å². The number of benzene rings is 2. The molecule has 1 unspecified atom stereocenters. The van der Waals surface area contributed by atoms with Gasteiger partial charge < -0.3 is 20.0 Å². The number of aromatic amines is 2. The van der Waals surface area contributed by atoms with Gasteiger partial charge in [-0.2, -0.15) is 0 Å². The Labute approximate surface area is 159 Å². The first-order valence-electron chi connectivity index (χ1n) is 8.83. The molecule has 0 amide bonds. The van der Waals surface area contributed by atoms with Crippen LogP contribution in [0, 0.1) is 0 Å². The van der Waals surface area contributed by atoms with Crippen LogP contribution in [0.25, 0.3) is 33.3 Å². The smallest absolute Gasteiger partial charge is 0.260 e. The molecular weight excluding hydrogens is 364 g/mol. The Morgan fingerprint density at radius 1 is 1.11 bits per heavy atom. The Kier molecular flexibility index (Phi) is 3.97. The van der Waals surface area contributed by atoms with E-state index < -0.39 is 0 Å². The second kappa shape index (κ2) is 6.49. The summed E-state index contributed by atoms with van der Waals surface area (Å²) in [5.41, 5.74) is 3.49. The maximum absolute atomic E-state index is 12.6. The number of hydrogen-bond acceptors (Lipinski definition) is 4. The van der Waals surface area contributed by atoms with Gasteiger partial charge in [-0.05, 0) is 23.8 Å². The molecule has 3 N–H and O–H groups in total. The molecule has 4 aromatic rings. The van der Waals surface area contributed by atoms with E-state index >= 15 is 0 Å². The number of H-pyrrole nitrogens is 2. The van der Waals surface area contributed by atoms with Gasteiger partial charge in [-0.3, -0.25) is 4.79 Å². The summed E-state index contributed by atoms with van der Waals surface area (Å²) in [6.45, 7) is 2.35. The number of nitrogens with zero attached hydrogens (tertiary/aromatic N) is 1. The summed E-state index contributed by atoms with van der Waals surface area (Å²) in [7, 11) is 0. The van der Waals surface area contributed by atoms with Crippen LogP contribution in [0.15, 0.2) is 47.3 Å². The Morgan fingerprint density at radius 2 is 2.00 bits per heavy atom. The highest BCUT2D eigenvalue weighted by Gasteiger charge is 2.19. The maximum atomic E-state index is 12.6. The monoisotopic (exact) mass is 380 g/mol. The summed E-state index contributed by atoms with van der Waals surface area (Å²) < 4.78 is 5.82. The van der Waals surface area contributed by atoms with E-state index in [1.54, 1.807) is 0 Å². The number of para-hydroxylation sites is 1. The summed E-state index contributed by atoms with van der Waals surface area (Å²) >= 11 is 6.55. The fraction of sp³-hybridized carbons (Fsp3) is 0.200. The summed E-state index contributed by atoms with van der Waals surface area (Å²) in [6.07, 6.45) is 0.0163. The SMILES string of the molecule is O=c1[nH]c2ccccc2c(Cl)c1-c1nc2ccc(C3CNCCO3)cc2[nH]1. The number of imidazole rings is 1. The van der Waals surface area contributed by atoms with Crippen molar-refractivity contribution in [3.05, 3.63) is 63.4 Å². The van der Waals surface area contributed by atoms with Crippen LogP contribution in [-0.4, -0.2) is 34.6 Å². The molecule has 0 spiro atoms. The Balaban J connectivity index is 1.63. The highest BCUT2D eigenvalue weighted by atomic mass is 35.5. The van der Waals surface area contributed by atoms with Crippen LogP contribution in [0.3, 0.4) is 0 Å². The lowest BCUT2D eigenvalue weighted by atomic mass is 10.1. The van der Waals surface area contributed by atoms with E-state index in [4.69, 9.17) is 16.3 Å². The summed E-state index contributed by atoms with van der Waals surface area (Å²) in [5, 5.41) is 4.52. The molecular formula is C20H17ClN4O2. The lowest BCUT2D eigenvalue weighted by Gasteiger charge is -2.23. The minimum absolute atomic E-state index is 0.0163. The first-order chi connectivity index (χ1) is 13.2. The minimum atomic E-state index is -0.266. The van der Waals surface area contributed by atoms with Crippen molar-refractivity contribution >= 4 is 33.5 Å². The van der Waals surface area contributed by atoms with Gasteiger partial charge >= 0.3 is 0 Å². The number of ether oxygens (including phenoxy) is 1. The van der Waals surface area contributed by atoms with Gasteiger partial charge in [0.25, 0.3) is 5.56 Å². The number of nitrogens with one attached hydrogen (secondary N) is 3. The Hall–Kier alpha value is -2.67. The average molecular weight is 381 g/mol. The van der Waals surface area contributed by atoms with E-state index in [0.29, 0.717) is 28.5 Å². The second-order valence-corrected chi connectivity index (χ2v) is 6.99. The molecule has 27 heavy (non-hydrogen) atoms. The van der Waals surface area contributed by atoms with Gasteiger partial charge in [-0.25, -0.2) is 4.98 Å². The van der Waals surface area contributed by atoms with Crippen molar-refractivity contribution in [3.8, 4) is 11.4 Å². The predicted molar refractivity (Wildman–Crippen MR) is 106 cm³/mol. The quantitative estimate of drug-likeness (QED) is 0.498. The zero-order valence-corrected chi connectivity index (χ0v) is 15.1. The molecule has 1 atom stereocenters. The van der Waals surface area contributed by atoms with Crippen molar-refractivity contribution in [2.45, 2.75) is 6.10 Å². The zero-order valence-electron chi connectivity index (χ0n) is 14.4. The highest BCUT2D eigenvalue weighted by molar-refractivity contribution is 6.37. The van der Waals surface area contributed by atoms with Crippen LogP contribution in [-0.2, 0) is 4.74 Å². The van der Waals surface area contributed by atoms with Crippen LogP contribution in [0.5, 0.6) is 0 Å². The number of pyridine rings is 1. The van der Waals surface area contributed by atoms with Crippen molar-refractivity contribution in [2.75, 3.05) is 19.7 Å². The molecule has 2 aromatic carbocycles. The maximum Gasteiger partial charge on any atom is 0.260 e. The van der Waals surface area contributed by atoms with E-state index in [9.17, 15) is 4.79 Å². The third kappa shape index (κ3) is 2.82. The minimum Gasteiger partial charge on any atom is -0.371 e. The molecule has 3 heterocycles. The third-order valence-electron chi connectivity index (χ3n) is 4.90. The second-order valence-electron chi connectivity index (χ2n) is 6.61. The van der Waals surface area contributed by atoms with Crippen LogP contribution >= 0.6 is 11.6 Å². The van der Waals surface area contributed by atoms with Gasteiger partial charge in [0.05, 0.1) is 28.8 Å². The van der Waals surface area contributed by atoms with Crippen molar-refractivity contribution in [2.24, 2.45) is 0 Å². The molecule has 5 rings (SSSR count). The molecule has 1 aliphatic rings. The standard InChI is InChI=1S/C20H17ClN4O2/c21-18-12-3-1-2-4-13(12)25-20(26)17(18)19-23-14-6-5-11(9-15(14)24-19)16-10-22-7-8-27-16/h1-6,9,16,22H,7-8,10H2,(H,23,24)(H,25,26). The highest BCUT2D eigenvalue weighted by Crippen LogP contribution is 2.31. The molecule has 1 fully saturated rings. The largest absolute Gasteiger partial charge is 0.371 e. The molecule has 0 bridgehead atoms. The van der Waals surface area contributed by atoms with E-state index in [-0.39, 0.29) is 11.7 Å². The molecule has 1 saturated heterocycles. The van der Waals surface area contributed by atoms with Gasteiger partial charge in [0.1, 0.15) is 11.4 Å². The lowest BCUT2D eigenvalue weighted by molar-refractivity contribution is 0.0278. The van der Waals surface area contributed by atoms with E-state index in [2.05, 4.69) is 20.3 Å². The molecule has 0 radical (unpaired) electrons. The molecule has 0 saturated carbocycles. The summed E-state index contributed by atoms with van der Waals surface area (Å²) in [6, 6.07) is 13.4. The van der Waals surface area contributed by atoms with Gasteiger partial charge in [0.2, 0.25) is 0 Å². The number of morpholine rings is 1. The normalized spacial score (nSPS) is 17.6. The van der Waals surface area contributed by atoms with E-state index in [0.717, 1.165) is 35.1 Å². The van der Waals surface area contributed by atoms with Crippen LogP contribution in [0.4, 0.5) is 0 Å². The first kappa shape index (κ1) is 16.5. The number of rotatable bonds is 2. The molecule has 0 aliphatic carbocycles. The van der Waals surface area contributed by atoms with Crippen molar-refractivity contribution in [1.82, 2.24) is 20.3 Å². The molecule has 6 nitrogen and oxygen atoms in total. The van der Waals surface area contributed by atoms with Crippen molar-refractivity contribution in [1.29, 1.82) is 0 Å². The van der Waals surface area contributed by atoms with Gasteiger partial charge in [0, 0.05) is 24.0 Å². The van der Waals surface area contributed by atoms with E-state index in [1.165, 1.54) is 0 Å². The molecule has 7 heteroatoms. The molecule has 2 aromatic heterocycles. The van der Waals surface area contributed by atoms with Crippen molar-refractivity contribution in [3.63, 3.8) is 0 Å². The predicted octanol–water partition coefficient (Wildman–Crippen LogP) is 3.39. The Morgan fingerprint density at radius 3 is 2.85 bits per heavy atom. The fourth-order valence-corrected chi connectivity index (χ4v) is 3.88. The van der Waals surface area contributed by atoms with Crippen LogP contribution < -0.4 is 10.9 Å². The van der Waals surface area contributed by atoms with E-state index in [1.807, 2.05) is 42.5 Å². The number of fused-ring (bicyclic) bond motifs is 2. The number of halogens is 1. The van der Waals surface area contributed by atoms with Gasteiger partial charge in [-0.1, -0.05) is 35.9 Å². The summed E-state index contributed by atoms with van der Waals surface area (Å²) in [5.74, 6) is 0.460. The van der Waals surface area contributed by atoms with Gasteiger partial charge in [0.15, 0.2) is 0 Å². The average Bonchev–Trinajstić information content (AvgIpc) is 3.11. The third-order valence-corrected chi connectivity index (χ3v) is 5.29. The fourth-order valence-electron chi connectivity index (χ4n) is 3.54. The summed E-state index contributed by atoms with van der Waals surface area (Å²) in [4.78, 5) is 23.3. The Bertz CT molecular complexity index is 1210. The molecule has 136 valence electrons. The lowest BCUT2D eigenvalue weighted by Crippen LogP contribution is -2.33. The number of hydrogen-bond donors (Lipinski definition) is 3. The number of aromatic nitrogens is 3. The first-order valence-corrected chi connectivity index (χ1v) is 9.21. The molecule has 1 aliphatic heterocycles. The van der Waals surface area contributed by atoms with Crippen LogP contribution in [0.2, 0.25) is 5.02 Å².